The van der Waals surface area contributed by atoms with Gasteiger partial charge in [-0.15, -0.1) is 0 Å². The van der Waals surface area contributed by atoms with Crippen LogP contribution in [0.2, 0.25) is 0 Å². The quantitative estimate of drug-likeness (QED) is 0.401. The van der Waals surface area contributed by atoms with Crippen LogP contribution < -0.4 is 15.5 Å². The van der Waals surface area contributed by atoms with Crippen molar-refractivity contribution in [3.8, 4) is 0 Å². The smallest absolute Gasteiger partial charge is 0.412 e. The molecule has 0 bridgehead atoms. The molecule has 184 valence electrons. The number of rotatable bonds is 6. The van der Waals surface area contributed by atoms with Gasteiger partial charge in [0.15, 0.2) is 0 Å². The van der Waals surface area contributed by atoms with E-state index in [4.69, 9.17) is 0 Å². The number of benzene rings is 2. The predicted molar refractivity (Wildman–Crippen MR) is 136 cm³/mol. The number of hydrogen-bond acceptors (Lipinski definition) is 4. The van der Waals surface area contributed by atoms with E-state index in [1.165, 1.54) is 11.3 Å². The van der Waals surface area contributed by atoms with Crippen molar-refractivity contribution >= 4 is 28.6 Å². The molecule has 5 rings (SSSR count). The van der Waals surface area contributed by atoms with Crippen LogP contribution in [0.5, 0.6) is 0 Å². The third-order valence-corrected chi connectivity index (χ3v) is 7.35. The van der Waals surface area contributed by atoms with Crippen LogP contribution in [-0.4, -0.2) is 45.9 Å². The molecule has 2 heterocycles. The zero-order chi connectivity index (χ0) is 24.2. The number of carboxylic acid groups (broad SMARTS) is 1. The van der Waals surface area contributed by atoms with Crippen molar-refractivity contribution in [1.29, 1.82) is 0 Å². The topological polar surface area (TPSA) is 110 Å². The molecule has 4 N–H and O–H groups in total. The van der Waals surface area contributed by atoms with Crippen molar-refractivity contribution in [2.75, 3.05) is 11.4 Å². The van der Waals surface area contributed by atoms with E-state index in [1.807, 2.05) is 42.5 Å². The Bertz CT molecular complexity index is 1180. The molecule has 1 saturated heterocycles. The lowest BCUT2D eigenvalue weighted by Gasteiger charge is -2.38. The lowest BCUT2D eigenvalue weighted by atomic mass is 9.90. The fraction of sp³-hybridized carbons (Fsp3) is 0.444. The number of nitrogens with one attached hydrogen (secondary N) is 3. The van der Waals surface area contributed by atoms with Crippen LogP contribution >= 0.6 is 0 Å². The maximum absolute atomic E-state index is 13.1. The number of aromatic amines is 1. The summed E-state index contributed by atoms with van der Waals surface area (Å²) in [6.45, 7) is 0.844. The average Bonchev–Trinajstić information content (AvgIpc) is 3.36. The molecule has 35 heavy (non-hydrogen) atoms. The Morgan fingerprint density at radius 1 is 1.03 bits per heavy atom. The van der Waals surface area contributed by atoms with Gasteiger partial charge in [-0.25, -0.2) is 4.79 Å². The normalized spacial score (nSPS) is 19.8. The summed E-state index contributed by atoms with van der Waals surface area (Å²) in [6.07, 6.45) is 9.20. The van der Waals surface area contributed by atoms with Crippen molar-refractivity contribution in [1.82, 2.24) is 20.8 Å². The van der Waals surface area contributed by atoms with Gasteiger partial charge in [-0.2, -0.15) is 5.10 Å². The Balaban J connectivity index is 1.50. The first-order chi connectivity index (χ1) is 17.1. The summed E-state index contributed by atoms with van der Waals surface area (Å²) in [5.41, 5.74) is 2.83. The highest BCUT2D eigenvalue weighted by molar-refractivity contribution is 5.95. The zero-order valence-corrected chi connectivity index (χ0v) is 19.9. The predicted octanol–water partition coefficient (Wildman–Crippen LogP) is 4.99. The fourth-order valence-electron chi connectivity index (χ4n) is 5.56. The summed E-state index contributed by atoms with van der Waals surface area (Å²) in [7, 11) is 0. The molecule has 0 unspecified atom stereocenters. The first-order valence-electron chi connectivity index (χ1n) is 12.7. The van der Waals surface area contributed by atoms with Gasteiger partial charge in [0.1, 0.15) is 0 Å². The number of aromatic nitrogens is 2. The second-order valence-electron chi connectivity index (χ2n) is 9.73. The van der Waals surface area contributed by atoms with Gasteiger partial charge in [0.2, 0.25) is 0 Å². The van der Waals surface area contributed by atoms with Crippen LogP contribution in [0.4, 0.5) is 10.5 Å². The Kier molecular flexibility index (Phi) is 6.99. The first kappa shape index (κ1) is 23.4. The molecule has 1 aliphatic carbocycles. The van der Waals surface area contributed by atoms with Crippen LogP contribution in [0.15, 0.2) is 48.7 Å². The number of carbonyl (C=O) groups excluding carboxylic acids is 1. The van der Waals surface area contributed by atoms with Gasteiger partial charge in [0.25, 0.3) is 5.91 Å². The maximum Gasteiger partial charge on any atom is 0.412 e. The summed E-state index contributed by atoms with van der Waals surface area (Å²) < 4.78 is 0. The molecule has 0 spiro atoms. The Hall–Kier alpha value is -3.39. The Morgan fingerprint density at radius 3 is 2.63 bits per heavy atom. The highest BCUT2D eigenvalue weighted by Crippen LogP contribution is 2.35. The van der Waals surface area contributed by atoms with Gasteiger partial charge in [-0.1, -0.05) is 37.8 Å². The number of amides is 2. The summed E-state index contributed by atoms with van der Waals surface area (Å²) in [5, 5.41) is 25.0. The molecule has 1 aliphatic heterocycles. The van der Waals surface area contributed by atoms with Gasteiger partial charge < -0.3 is 15.7 Å². The van der Waals surface area contributed by atoms with Gasteiger partial charge >= 0.3 is 6.09 Å². The molecule has 2 aromatic carbocycles. The molecule has 2 amide bonds. The highest BCUT2D eigenvalue weighted by atomic mass is 16.4. The second kappa shape index (κ2) is 10.5. The van der Waals surface area contributed by atoms with E-state index in [2.05, 4.69) is 20.8 Å². The number of carbonyl (C=O) groups is 2. The van der Waals surface area contributed by atoms with Crippen molar-refractivity contribution in [2.45, 2.75) is 69.5 Å². The van der Waals surface area contributed by atoms with E-state index in [9.17, 15) is 14.7 Å². The zero-order valence-electron chi connectivity index (χ0n) is 19.9. The molecule has 8 heteroatoms. The second-order valence-corrected chi connectivity index (χ2v) is 9.73. The Morgan fingerprint density at radius 2 is 1.86 bits per heavy atom. The number of anilines is 1. The molecule has 1 saturated carbocycles. The molecular weight excluding hydrogens is 442 g/mol. The minimum absolute atomic E-state index is 0.0587. The number of hydrogen-bond donors (Lipinski definition) is 4. The van der Waals surface area contributed by atoms with Crippen molar-refractivity contribution < 1.29 is 14.7 Å². The SMILES string of the molecule is O=C(NC1CCCCC1)c1cccc([C@@H]([C@@H]2CCCCN2)N(C(=O)O)c2ccc3[nH]ncc3c2)c1. The highest BCUT2D eigenvalue weighted by Gasteiger charge is 2.35. The third-order valence-electron chi connectivity index (χ3n) is 7.35. The van der Waals surface area contributed by atoms with E-state index in [0.717, 1.165) is 68.0 Å². The molecule has 2 fully saturated rings. The van der Waals surface area contributed by atoms with E-state index < -0.39 is 12.1 Å². The molecule has 0 radical (unpaired) electrons. The average molecular weight is 476 g/mol. The largest absolute Gasteiger partial charge is 0.465 e. The van der Waals surface area contributed by atoms with Crippen LogP contribution in [0, 0.1) is 0 Å². The van der Waals surface area contributed by atoms with Crippen LogP contribution in [0.3, 0.4) is 0 Å². The fourth-order valence-corrected chi connectivity index (χ4v) is 5.56. The minimum Gasteiger partial charge on any atom is -0.465 e. The van der Waals surface area contributed by atoms with Gasteiger partial charge in [-0.05, 0) is 68.1 Å². The number of nitrogens with zero attached hydrogens (tertiary/aromatic N) is 2. The first-order valence-corrected chi connectivity index (χ1v) is 12.7. The molecule has 3 aromatic rings. The summed E-state index contributed by atoms with van der Waals surface area (Å²) in [6, 6.07) is 12.7. The number of piperidine rings is 1. The monoisotopic (exact) mass is 475 g/mol. The van der Waals surface area contributed by atoms with E-state index in [0.29, 0.717) is 11.3 Å². The number of fused-ring (bicyclic) bond motifs is 1. The van der Waals surface area contributed by atoms with Crippen molar-refractivity contribution in [3.63, 3.8) is 0 Å². The lowest BCUT2D eigenvalue weighted by Crippen LogP contribution is -2.48. The maximum atomic E-state index is 13.1. The van der Waals surface area contributed by atoms with Crippen molar-refractivity contribution in [3.05, 3.63) is 59.8 Å². The molecule has 8 nitrogen and oxygen atoms in total. The summed E-state index contributed by atoms with van der Waals surface area (Å²) >= 11 is 0. The summed E-state index contributed by atoms with van der Waals surface area (Å²) in [5.74, 6) is -0.0872. The van der Waals surface area contributed by atoms with Crippen molar-refractivity contribution in [2.24, 2.45) is 0 Å². The minimum atomic E-state index is -1.03. The number of H-pyrrole nitrogens is 1. The van der Waals surface area contributed by atoms with Crippen LogP contribution in [0.1, 0.15) is 73.3 Å². The van der Waals surface area contributed by atoms with Crippen LogP contribution in [-0.2, 0) is 0 Å². The van der Waals surface area contributed by atoms with Gasteiger partial charge in [0, 0.05) is 28.7 Å². The molecule has 1 aromatic heterocycles. The lowest BCUT2D eigenvalue weighted by molar-refractivity contribution is 0.0927. The van der Waals surface area contributed by atoms with E-state index in [1.54, 1.807) is 6.20 Å². The molecular formula is C27H33N5O3. The van der Waals surface area contributed by atoms with E-state index in [-0.39, 0.29) is 18.0 Å². The van der Waals surface area contributed by atoms with E-state index >= 15 is 0 Å². The molecule has 2 aliphatic rings. The third kappa shape index (κ3) is 5.17. The van der Waals surface area contributed by atoms with Crippen LogP contribution in [0.25, 0.3) is 10.9 Å². The van der Waals surface area contributed by atoms with Gasteiger partial charge in [-0.3, -0.25) is 14.8 Å². The molecule has 2 atom stereocenters. The van der Waals surface area contributed by atoms with Gasteiger partial charge in [0.05, 0.1) is 17.8 Å². The summed E-state index contributed by atoms with van der Waals surface area (Å²) in [4.78, 5) is 27.2. The standard InChI is InChI=1S/C27H33N5O3/c33-26(30-21-9-2-1-3-10-21)19-8-6-7-18(15-19)25(24-11-4-5-14-28-24)32(27(34)35)22-12-13-23-20(16-22)17-29-31-23/h6-8,12-13,15-17,21,24-25,28H,1-5,9-11,14H2,(H,29,31)(H,30,33)(H,34,35)/t24-,25-/m0/s1. The Labute approximate surface area is 205 Å².